The van der Waals surface area contributed by atoms with Crippen LogP contribution >= 0.6 is 0 Å². The van der Waals surface area contributed by atoms with Crippen LogP contribution in [0.25, 0.3) is 0 Å². The van der Waals surface area contributed by atoms with E-state index in [-0.39, 0.29) is 12.1 Å². The van der Waals surface area contributed by atoms with E-state index in [0.717, 1.165) is 12.1 Å². The summed E-state index contributed by atoms with van der Waals surface area (Å²) in [6.45, 7) is 10.3. The van der Waals surface area contributed by atoms with Gasteiger partial charge in [-0.25, -0.2) is 4.79 Å². The lowest BCUT2D eigenvalue weighted by molar-refractivity contribution is 0.0194. The smallest absolute Gasteiger partial charge is 0.410 e. The third kappa shape index (κ3) is 6.06. The average molecular weight is 292 g/mol. The van der Waals surface area contributed by atoms with Crippen molar-refractivity contribution in [1.82, 2.24) is 4.90 Å². The molecule has 21 heavy (non-hydrogen) atoms. The number of benzene rings is 1. The highest BCUT2D eigenvalue weighted by molar-refractivity contribution is 5.68. The SMILES string of the molecule is CNc1ccc(CCN(C(=O)OC(C)(C)C)C(C)C)cc1. The van der Waals surface area contributed by atoms with Gasteiger partial charge in [0, 0.05) is 25.3 Å². The number of hydrogen-bond donors (Lipinski definition) is 1. The number of rotatable bonds is 5. The maximum atomic E-state index is 12.2. The predicted molar refractivity (Wildman–Crippen MR) is 87.8 cm³/mol. The molecule has 0 radical (unpaired) electrons. The van der Waals surface area contributed by atoms with Gasteiger partial charge >= 0.3 is 6.09 Å². The van der Waals surface area contributed by atoms with Crippen molar-refractivity contribution < 1.29 is 9.53 Å². The number of nitrogens with one attached hydrogen (secondary N) is 1. The summed E-state index contributed by atoms with van der Waals surface area (Å²) in [5, 5.41) is 3.10. The molecule has 0 aromatic heterocycles. The summed E-state index contributed by atoms with van der Waals surface area (Å²) in [5.74, 6) is 0. The summed E-state index contributed by atoms with van der Waals surface area (Å²) >= 11 is 0. The van der Waals surface area contributed by atoms with Gasteiger partial charge in [-0.05, 0) is 58.7 Å². The summed E-state index contributed by atoms with van der Waals surface area (Å²) in [6.07, 6.45) is 0.575. The maximum absolute atomic E-state index is 12.2. The second kappa shape index (κ2) is 7.34. The van der Waals surface area contributed by atoms with Crippen LogP contribution in [0.4, 0.5) is 10.5 Å². The molecule has 0 spiro atoms. The molecular formula is C17H28N2O2. The van der Waals surface area contributed by atoms with Crippen molar-refractivity contribution in [3.05, 3.63) is 29.8 Å². The van der Waals surface area contributed by atoms with E-state index in [1.165, 1.54) is 5.56 Å². The molecular weight excluding hydrogens is 264 g/mol. The molecule has 4 heteroatoms. The Bertz CT molecular complexity index is 447. The number of carbonyl (C=O) groups is 1. The zero-order chi connectivity index (χ0) is 16.0. The first-order chi connectivity index (χ1) is 9.73. The first-order valence-electron chi connectivity index (χ1n) is 7.49. The molecule has 1 aromatic carbocycles. The van der Waals surface area contributed by atoms with Crippen molar-refractivity contribution in [1.29, 1.82) is 0 Å². The van der Waals surface area contributed by atoms with Crippen LogP contribution < -0.4 is 5.32 Å². The third-order valence-corrected chi connectivity index (χ3v) is 3.14. The zero-order valence-corrected chi connectivity index (χ0v) is 14.1. The largest absolute Gasteiger partial charge is 0.444 e. The quantitative estimate of drug-likeness (QED) is 0.894. The Morgan fingerprint density at radius 2 is 1.81 bits per heavy atom. The fourth-order valence-electron chi connectivity index (χ4n) is 1.97. The number of carbonyl (C=O) groups excluding carboxylic acids is 1. The minimum Gasteiger partial charge on any atom is -0.444 e. The van der Waals surface area contributed by atoms with Crippen LogP contribution in [-0.2, 0) is 11.2 Å². The zero-order valence-electron chi connectivity index (χ0n) is 14.1. The van der Waals surface area contributed by atoms with Gasteiger partial charge in [0.05, 0.1) is 0 Å². The highest BCUT2D eigenvalue weighted by Gasteiger charge is 2.23. The van der Waals surface area contributed by atoms with Gasteiger partial charge < -0.3 is 15.0 Å². The number of hydrogen-bond acceptors (Lipinski definition) is 3. The van der Waals surface area contributed by atoms with E-state index < -0.39 is 5.60 Å². The van der Waals surface area contributed by atoms with Gasteiger partial charge in [-0.3, -0.25) is 0 Å². The number of anilines is 1. The van der Waals surface area contributed by atoms with Crippen molar-refractivity contribution in [2.24, 2.45) is 0 Å². The second-order valence-electron chi connectivity index (χ2n) is 6.46. The van der Waals surface area contributed by atoms with E-state index in [9.17, 15) is 4.79 Å². The van der Waals surface area contributed by atoms with Crippen LogP contribution in [0.3, 0.4) is 0 Å². The monoisotopic (exact) mass is 292 g/mol. The molecule has 118 valence electrons. The Kier molecular flexibility index (Phi) is 6.06. The molecule has 0 aliphatic heterocycles. The number of nitrogens with zero attached hydrogens (tertiary/aromatic N) is 1. The second-order valence-corrected chi connectivity index (χ2v) is 6.46. The highest BCUT2D eigenvalue weighted by Crippen LogP contribution is 2.14. The Morgan fingerprint density at radius 1 is 1.24 bits per heavy atom. The molecule has 0 saturated heterocycles. The van der Waals surface area contributed by atoms with Gasteiger partial charge in [0.25, 0.3) is 0 Å². The molecule has 1 aromatic rings. The summed E-state index contributed by atoms with van der Waals surface area (Å²) in [5.41, 5.74) is 1.84. The van der Waals surface area contributed by atoms with Crippen LogP contribution in [0, 0.1) is 0 Å². The van der Waals surface area contributed by atoms with Crippen molar-refractivity contribution in [2.45, 2.75) is 52.7 Å². The number of ether oxygens (including phenoxy) is 1. The lowest BCUT2D eigenvalue weighted by atomic mass is 10.1. The summed E-state index contributed by atoms with van der Waals surface area (Å²) in [7, 11) is 1.90. The summed E-state index contributed by atoms with van der Waals surface area (Å²) in [4.78, 5) is 14.0. The minimum absolute atomic E-state index is 0.122. The Balaban J connectivity index is 2.64. The van der Waals surface area contributed by atoms with Crippen LogP contribution in [-0.4, -0.2) is 36.2 Å². The van der Waals surface area contributed by atoms with Crippen LogP contribution in [0.5, 0.6) is 0 Å². The molecule has 0 bridgehead atoms. The third-order valence-electron chi connectivity index (χ3n) is 3.14. The molecule has 1 amide bonds. The van der Waals surface area contributed by atoms with Gasteiger partial charge in [0.15, 0.2) is 0 Å². The van der Waals surface area contributed by atoms with Crippen LogP contribution in [0.2, 0.25) is 0 Å². The minimum atomic E-state index is -0.460. The van der Waals surface area contributed by atoms with E-state index in [0.29, 0.717) is 6.54 Å². The first-order valence-corrected chi connectivity index (χ1v) is 7.49. The Labute approximate surface area is 128 Å². The predicted octanol–water partition coefficient (Wildman–Crippen LogP) is 3.92. The summed E-state index contributed by atoms with van der Waals surface area (Å²) < 4.78 is 5.46. The van der Waals surface area contributed by atoms with Crippen molar-refractivity contribution in [3.8, 4) is 0 Å². The molecule has 0 aliphatic rings. The van der Waals surface area contributed by atoms with Crippen molar-refractivity contribution in [3.63, 3.8) is 0 Å². The maximum Gasteiger partial charge on any atom is 0.410 e. The average Bonchev–Trinajstić information content (AvgIpc) is 2.37. The van der Waals surface area contributed by atoms with Crippen LogP contribution in [0.1, 0.15) is 40.2 Å². The lowest BCUT2D eigenvalue weighted by Crippen LogP contribution is -2.42. The molecule has 0 aliphatic carbocycles. The first kappa shape index (κ1) is 17.3. The normalized spacial score (nSPS) is 11.4. The van der Waals surface area contributed by atoms with Gasteiger partial charge in [-0.15, -0.1) is 0 Å². The molecule has 1 N–H and O–H groups in total. The van der Waals surface area contributed by atoms with E-state index in [1.54, 1.807) is 4.90 Å². The Hall–Kier alpha value is -1.71. The van der Waals surface area contributed by atoms with E-state index in [1.807, 2.05) is 53.8 Å². The molecule has 0 saturated carbocycles. The standard InChI is InChI=1S/C17H28N2O2/c1-13(2)19(16(20)21-17(3,4)5)12-11-14-7-9-15(18-6)10-8-14/h7-10,13,18H,11-12H2,1-6H3. The summed E-state index contributed by atoms with van der Waals surface area (Å²) in [6, 6.07) is 8.38. The van der Waals surface area contributed by atoms with E-state index in [4.69, 9.17) is 4.74 Å². The van der Waals surface area contributed by atoms with Gasteiger partial charge in [-0.2, -0.15) is 0 Å². The fraction of sp³-hybridized carbons (Fsp3) is 0.588. The fourth-order valence-corrected chi connectivity index (χ4v) is 1.97. The molecule has 1 rings (SSSR count). The van der Waals surface area contributed by atoms with E-state index >= 15 is 0 Å². The van der Waals surface area contributed by atoms with E-state index in [2.05, 4.69) is 17.4 Å². The van der Waals surface area contributed by atoms with Gasteiger partial charge in [0.2, 0.25) is 0 Å². The van der Waals surface area contributed by atoms with Crippen molar-refractivity contribution >= 4 is 11.8 Å². The molecule has 0 unspecified atom stereocenters. The number of amides is 1. The Morgan fingerprint density at radius 3 is 2.24 bits per heavy atom. The molecule has 0 atom stereocenters. The van der Waals surface area contributed by atoms with Crippen molar-refractivity contribution in [2.75, 3.05) is 18.9 Å². The molecule has 0 heterocycles. The molecule has 0 fully saturated rings. The van der Waals surface area contributed by atoms with Gasteiger partial charge in [-0.1, -0.05) is 12.1 Å². The molecule has 4 nitrogen and oxygen atoms in total. The topological polar surface area (TPSA) is 41.6 Å². The van der Waals surface area contributed by atoms with Gasteiger partial charge in [0.1, 0.15) is 5.60 Å². The lowest BCUT2D eigenvalue weighted by Gasteiger charge is -2.30. The van der Waals surface area contributed by atoms with Crippen LogP contribution in [0.15, 0.2) is 24.3 Å². The highest BCUT2D eigenvalue weighted by atomic mass is 16.6.